The fourth-order valence-corrected chi connectivity index (χ4v) is 1.89. The predicted octanol–water partition coefficient (Wildman–Crippen LogP) is -1.25. The van der Waals surface area contributed by atoms with Crippen LogP contribution in [0, 0.1) is 0 Å². The second-order valence-corrected chi connectivity index (χ2v) is 6.46. The summed E-state index contributed by atoms with van der Waals surface area (Å²) in [7, 11) is 0. The van der Waals surface area contributed by atoms with Crippen molar-refractivity contribution < 1.29 is 19.8 Å². The molecule has 0 bridgehead atoms. The average Bonchev–Trinajstić information content (AvgIpc) is 2.37. The van der Waals surface area contributed by atoms with Gasteiger partial charge in [-0.2, -0.15) is 0 Å². The maximum Gasteiger partial charge on any atom is 0.326 e. The smallest absolute Gasteiger partial charge is 0.326 e. The minimum atomic E-state index is -1.15. The summed E-state index contributed by atoms with van der Waals surface area (Å²) in [6, 6.07) is -1.98. The van der Waals surface area contributed by atoms with E-state index >= 15 is 0 Å². The SMILES string of the molecule is CC(O)C(NC(C)(C)C)C(=O)NC(CCCN=C(N)N)C(=O)O. The number of aliphatic imine (C=N–C) groups is 1. The predicted molar refractivity (Wildman–Crippen MR) is 87.8 cm³/mol. The van der Waals surface area contributed by atoms with Crippen LogP contribution in [0.25, 0.3) is 0 Å². The van der Waals surface area contributed by atoms with E-state index in [-0.39, 0.29) is 18.9 Å². The first-order valence-corrected chi connectivity index (χ1v) is 7.48. The van der Waals surface area contributed by atoms with Gasteiger partial charge in [-0.1, -0.05) is 0 Å². The molecule has 0 aromatic rings. The molecule has 23 heavy (non-hydrogen) atoms. The number of aliphatic hydroxyl groups is 1. The van der Waals surface area contributed by atoms with Gasteiger partial charge in [0, 0.05) is 12.1 Å². The summed E-state index contributed by atoms with van der Waals surface area (Å²) in [5.74, 6) is -1.78. The van der Waals surface area contributed by atoms with Gasteiger partial charge in [0.1, 0.15) is 12.1 Å². The molecule has 0 saturated heterocycles. The van der Waals surface area contributed by atoms with Crippen LogP contribution in [0.5, 0.6) is 0 Å². The van der Waals surface area contributed by atoms with Gasteiger partial charge in [0.15, 0.2) is 5.96 Å². The van der Waals surface area contributed by atoms with Crippen molar-refractivity contribution in [2.24, 2.45) is 16.5 Å². The van der Waals surface area contributed by atoms with Crippen LogP contribution in [0.4, 0.5) is 0 Å². The number of guanidine groups is 1. The van der Waals surface area contributed by atoms with Gasteiger partial charge < -0.3 is 27.0 Å². The Bertz CT molecular complexity index is 427. The van der Waals surface area contributed by atoms with E-state index in [4.69, 9.17) is 11.5 Å². The lowest BCUT2D eigenvalue weighted by molar-refractivity contribution is -0.142. The summed E-state index contributed by atoms with van der Waals surface area (Å²) in [5, 5.41) is 24.4. The van der Waals surface area contributed by atoms with E-state index in [1.165, 1.54) is 6.92 Å². The molecule has 0 aliphatic heterocycles. The summed E-state index contributed by atoms with van der Waals surface area (Å²) in [6.07, 6.45) is -0.383. The molecule has 0 aromatic heterocycles. The molecular formula is C14H29N5O4. The molecule has 0 saturated carbocycles. The molecule has 9 nitrogen and oxygen atoms in total. The van der Waals surface area contributed by atoms with E-state index in [1.807, 2.05) is 20.8 Å². The van der Waals surface area contributed by atoms with Crippen molar-refractivity contribution >= 4 is 17.8 Å². The molecule has 0 aromatic carbocycles. The third-order valence-electron chi connectivity index (χ3n) is 2.91. The van der Waals surface area contributed by atoms with Gasteiger partial charge in [0.25, 0.3) is 0 Å². The molecular weight excluding hydrogens is 302 g/mol. The fraction of sp³-hybridized carbons (Fsp3) is 0.786. The Morgan fingerprint density at radius 3 is 2.22 bits per heavy atom. The lowest BCUT2D eigenvalue weighted by Gasteiger charge is -2.30. The first-order chi connectivity index (χ1) is 10.4. The molecule has 3 atom stereocenters. The quantitative estimate of drug-likeness (QED) is 0.174. The molecule has 9 heteroatoms. The number of carbonyl (C=O) groups excluding carboxylic acids is 1. The number of aliphatic hydroxyl groups excluding tert-OH is 1. The van der Waals surface area contributed by atoms with E-state index < -0.39 is 35.6 Å². The molecule has 0 heterocycles. The van der Waals surface area contributed by atoms with Crippen LogP contribution in [0.3, 0.4) is 0 Å². The highest BCUT2D eigenvalue weighted by atomic mass is 16.4. The first-order valence-electron chi connectivity index (χ1n) is 7.48. The summed E-state index contributed by atoms with van der Waals surface area (Å²) in [5.41, 5.74) is 9.96. The first kappa shape index (κ1) is 21.1. The van der Waals surface area contributed by atoms with Gasteiger partial charge in [-0.15, -0.1) is 0 Å². The monoisotopic (exact) mass is 331 g/mol. The van der Waals surface area contributed by atoms with Gasteiger partial charge in [-0.3, -0.25) is 15.1 Å². The molecule has 8 N–H and O–H groups in total. The van der Waals surface area contributed by atoms with Gasteiger partial charge in [-0.05, 0) is 40.5 Å². The molecule has 0 aliphatic rings. The van der Waals surface area contributed by atoms with Gasteiger partial charge in [0.2, 0.25) is 5.91 Å². The van der Waals surface area contributed by atoms with Crippen LogP contribution < -0.4 is 22.1 Å². The molecule has 0 aliphatic carbocycles. The molecule has 0 fully saturated rings. The van der Waals surface area contributed by atoms with Crippen molar-refractivity contribution in [3.8, 4) is 0 Å². The van der Waals surface area contributed by atoms with Crippen molar-refractivity contribution in [2.75, 3.05) is 6.54 Å². The van der Waals surface area contributed by atoms with Gasteiger partial charge >= 0.3 is 5.97 Å². The number of nitrogens with zero attached hydrogens (tertiary/aromatic N) is 1. The fourth-order valence-electron chi connectivity index (χ4n) is 1.89. The molecule has 0 spiro atoms. The molecule has 0 rings (SSSR count). The van der Waals surface area contributed by atoms with E-state index in [0.29, 0.717) is 6.42 Å². The van der Waals surface area contributed by atoms with Crippen molar-refractivity contribution in [1.29, 1.82) is 0 Å². The summed E-state index contributed by atoms with van der Waals surface area (Å²) in [4.78, 5) is 27.3. The summed E-state index contributed by atoms with van der Waals surface area (Å²) in [6.45, 7) is 7.29. The van der Waals surface area contributed by atoms with E-state index in [1.54, 1.807) is 0 Å². The summed E-state index contributed by atoms with van der Waals surface area (Å²) >= 11 is 0. The van der Waals surface area contributed by atoms with E-state index in [0.717, 1.165) is 0 Å². The normalized spacial score (nSPS) is 15.3. The van der Waals surface area contributed by atoms with Gasteiger partial charge in [0.05, 0.1) is 6.10 Å². The maximum absolute atomic E-state index is 12.3. The lowest BCUT2D eigenvalue weighted by Crippen LogP contribution is -2.58. The van der Waals surface area contributed by atoms with Crippen LogP contribution in [0.1, 0.15) is 40.5 Å². The number of hydrogen-bond donors (Lipinski definition) is 6. The maximum atomic E-state index is 12.3. The minimum Gasteiger partial charge on any atom is -0.480 e. The van der Waals surface area contributed by atoms with E-state index in [9.17, 15) is 19.8 Å². The number of rotatable bonds is 9. The number of carboxylic acids is 1. The third-order valence-corrected chi connectivity index (χ3v) is 2.91. The lowest BCUT2D eigenvalue weighted by atomic mass is 10.0. The number of nitrogens with one attached hydrogen (secondary N) is 2. The topological polar surface area (TPSA) is 163 Å². The Hall–Kier alpha value is -1.87. The number of aliphatic carboxylic acids is 1. The highest BCUT2D eigenvalue weighted by molar-refractivity contribution is 5.87. The minimum absolute atomic E-state index is 0.0653. The zero-order valence-corrected chi connectivity index (χ0v) is 14.2. The van der Waals surface area contributed by atoms with E-state index in [2.05, 4.69) is 15.6 Å². The van der Waals surface area contributed by atoms with Crippen LogP contribution in [0.2, 0.25) is 0 Å². The number of amides is 1. The van der Waals surface area contributed by atoms with Crippen molar-refractivity contribution in [3.63, 3.8) is 0 Å². The van der Waals surface area contributed by atoms with Crippen molar-refractivity contribution in [1.82, 2.24) is 10.6 Å². The highest BCUT2D eigenvalue weighted by Crippen LogP contribution is 2.06. The van der Waals surface area contributed by atoms with Crippen LogP contribution in [-0.2, 0) is 9.59 Å². The molecule has 0 radical (unpaired) electrons. The zero-order chi connectivity index (χ0) is 18.2. The number of carboxylic acid groups (broad SMARTS) is 1. The number of hydrogen-bond acceptors (Lipinski definition) is 5. The molecule has 3 unspecified atom stereocenters. The average molecular weight is 331 g/mol. The number of nitrogens with two attached hydrogens (primary N) is 2. The second-order valence-electron chi connectivity index (χ2n) is 6.46. The van der Waals surface area contributed by atoms with Crippen LogP contribution in [0.15, 0.2) is 4.99 Å². The Morgan fingerprint density at radius 1 is 1.26 bits per heavy atom. The summed E-state index contributed by atoms with van der Waals surface area (Å²) < 4.78 is 0. The highest BCUT2D eigenvalue weighted by Gasteiger charge is 2.30. The standard InChI is InChI=1S/C14H29N5O4/c1-8(20)10(19-14(2,3)4)11(21)18-9(12(22)23)6-5-7-17-13(15)16/h8-10,19-20H,5-7H2,1-4H3,(H,18,21)(H,22,23)(H4,15,16,17). The largest absolute Gasteiger partial charge is 0.480 e. The molecule has 134 valence electrons. The third kappa shape index (κ3) is 9.69. The number of carbonyl (C=O) groups is 2. The van der Waals surface area contributed by atoms with Crippen LogP contribution >= 0.6 is 0 Å². The Balaban J connectivity index is 4.74. The Kier molecular flexibility index (Phi) is 8.55. The van der Waals surface area contributed by atoms with Crippen LogP contribution in [-0.4, -0.2) is 58.3 Å². The second kappa shape index (κ2) is 9.31. The Labute approximate surface area is 136 Å². The van der Waals surface area contributed by atoms with Crippen molar-refractivity contribution in [2.45, 2.75) is 64.3 Å². The van der Waals surface area contributed by atoms with Gasteiger partial charge in [-0.25, -0.2) is 4.79 Å². The molecule has 1 amide bonds. The van der Waals surface area contributed by atoms with Crippen molar-refractivity contribution in [3.05, 3.63) is 0 Å². The Morgan fingerprint density at radius 2 is 1.83 bits per heavy atom. The zero-order valence-electron chi connectivity index (χ0n) is 14.2.